The zero-order valence-electron chi connectivity index (χ0n) is 16.7. The lowest BCUT2D eigenvalue weighted by Gasteiger charge is -2.28. The molecule has 26 heavy (non-hydrogen) atoms. The lowest BCUT2D eigenvalue weighted by Crippen LogP contribution is -2.31. The Kier molecular flexibility index (Phi) is 3.80. The van der Waals surface area contributed by atoms with Crippen molar-refractivity contribution in [3.8, 4) is 22.4 Å². The van der Waals surface area contributed by atoms with E-state index in [1.165, 1.54) is 44.6 Å². The van der Waals surface area contributed by atoms with Gasteiger partial charge in [-0.05, 0) is 52.3 Å². The summed E-state index contributed by atoms with van der Waals surface area (Å²) in [7, 11) is 2.14. The molecule has 0 saturated heterocycles. The van der Waals surface area contributed by atoms with Crippen LogP contribution in [0.3, 0.4) is 0 Å². The molecule has 0 saturated carbocycles. The van der Waals surface area contributed by atoms with Gasteiger partial charge in [-0.2, -0.15) is 0 Å². The quantitative estimate of drug-likeness (QED) is 0.509. The molecule has 2 aromatic carbocycles. The van der Waals surface area contributed by atoms with Gasteiger partial charge in [0.25, 0.3) is 0 Å². The number of benzene rings is 2. The summed E-state index contributed by atoms with van der Waals surface area (Å²) in [5.41, 5.74) is 11.4. The Morgan fingerprint density at radius 3 is 2.31 bits per heavy atom. The van der Waals surface area contributed by atoms with Crippen LogP contribution in [0, 0.1) is 6.92 Å². The zero-order valence-corrected chi connectivity index (χ0v) is 16.7. The summed E-state index contributed by atoms with van der Waals surface area (Å²) in [4.78, 5) is 0. The lowest BCUT2D eigenvalue weighted by atomic mass is 9.75. The Labute approximate surface area is 157 Å². The Morgan fingerprint density at radius 1 is 0.923 bits per heavy atom. The molecule has 1 aliphatic carbocycles. The van der Waals surface area contributed by atoms with Crippen molar-refractivity contribution in [2.45, 2.75) is 46.0 Å². The van der Waals surface area contributed by atoms with Crippen LogP contribution in [0.4, 0.5) is 0 Å². The van der Waals surface area contributed by atoms with Gasteiger partial charge in [-0.1, -0.05) is 58.0 Å². The van der Waals surface area contributed by atoms with Gasteiger partial charge in [0, 0.05) is 17.5 Å². The summed E-state index contributed by atoms with van der Waals surface area (Å²) in [5, 5.41) is 0. The van der Waals surface area contributed by atoms with E-state index in [-0.39, 0.29) is 5.41 Å². The van der Waals surface area contributed by atoms with E-state index in [2.05, 4.69) is 101 Å². The number of aryl methyl sites for hydroxylation is 2. The zero-order chi connectivity index (χ0) is 18.6. The molecule has 0 N–H and O–H groups in total. The van der Waals surface area contributed by atoms with Crippen molar-refractivity contribution in [1.29, 1.82) is 0 Å². The minimum absolute atomic E-state index is 0.0291. The molecule has 0 aliphatic heterocycles. The minimum Gasteiger partial charge on any atom is -0.201 e. The van der Waals surface area contributed by atoms with Gasteiger partial charge < -0.3 is 0 Å². The topological polar surface area (TPSA) is 3.88 Å². The first-order chi connectivity index (χ1) is 12.3. The van der Waals surface area contributed by atoms with Crippen LogP contribution in [0.15, 0.2) is 54.7 Å². The first kappa shape index (κ1) is 17.0. The molecule has 1 heteroatoms. The Bertz CT molecular complexity index is 1010. The predicted molar refractivity (Wildman–Crippen MR) is 109 cm³/mol. The molecule has 0 bridgehead atoms. The maximum atomic E-state index is 2.41. The minimum atomic E-state index is 0.0291. The standard InChI is InChI=1S/C25H28N/c1-16(2)22-23(21-13-9-10-14-26(21)6)17(3)15-19-18-11-7-8-12-20(18)25(4,5)24(19)22/h7-16H,1-6H3/q+1. The van der Waals surface area contributed by atoms with Crippen molar-refractivity contribution in [2.24, 2.45) is 7.05 Å². The molecule has 132 valence electrons. The average molecular weight is 343 g/mol. The summed E-state index contributed by atoms with van der Waals surface area (Å²) in [6, 6.07) is 17.8. The number of aromatic nitrogens is 1. The summed E-state index contributed by atoms with van der Waals surface area (Å²) in [6.07, 6.45) is 2.14. The first-order valence-corrected chi connectivity index (χ1v) is 9.57. The van der Waals surface area contributed by atoms with Crippen LogP contribution in [0.1, 0.15) is 55.9 Å². The monoisotopic (exact) mass is 342 g/mol. The summed E-state index contributed by atoms with van der Waals surface area (Å²) in [6.45, 7) is 11.7. The number of rotatable bonds is 2. The van der Waals surface area contributed by atoms with E-state index >= 15 is 0 Å². The molecule has 0 unspecified atom stereocenters. The molecule has 1 aromatic heterocycles. The summed E-state index contributed by atoms with van der Waals surface area (Å²) in [5.74, 6) is 0.465. The number of fused-ring (bicyclic) bond motifs is 3. The second-order valence-electron chi connectivity index (χ2n) is 8.43. The van der Waals surface area contributed by atoms with Gasteiger partial charge in [0.15, 0.2) is 6.20 Å². The van der Waals surface area contributed by atoms with E-state index in [4.69, 9.17) is 0 Å². The van der Waals surface area contributed by atoms with Gasteiger partial charge in [-0.3, -0.25) is 0 Å². The van der Waals surface area contributed by atoms with Crippen molar-refractivity contribution >= 4 is 0 Å². The van der Waals surface area contributed by atoms with E-state index in [1.807, 2.05) is 0 Å². The third-order valence-corrected chi connectivity index (χ3v) is 5.97. The highest BCUT2D eigenvalue weighted by Gasteiger charge is 2.39. The predicted octanol–water partition coefficient (Wildman–Crippen LogP) is 5.92. The maximum Gasteiger partial charge on any atom is 0.212 e. The first-order valence-electron chi connectivity index (χ1n) is 9.57. The molecular weight excluding hydrogens is 314 g/mol. The second kappa shape index (κ2) is 5.81. The van der Waals surface area contributed by atoms with E-state index in [0.717, 1.165) is 0 Å². The normalized spacial score (nSPS) is 14.4. The van der Waals surface area contributed by atoms with E-state index in [0.29, 0.717) is 5.92 Å². The number of hydrogen-bond donors (Lipinski definition) is 0. The van der Waals surface area contributed by atoms with Crippen LogP contribution in [-0.2, 0) is 12.5 Å². The van der Waals surface area contributed by atoms with E-state index in [1.54, 1.807) is 0 Å². The molecule has 1 aliphatic rings. The molecule has 0 fully saturated rings. The van der Waals surface area contributed by atoms with Crippen LogP contribution in [0.2, 0.25) is 0 Å². The summed E-state index contributed by atoms with van der Waals surface area (Å²) >= 11 is 0. The largest absolute Gasteiger partial charge is 0.212 e. The Morgan fingerprint density at radius 2 is 1.62 bits per heavy atom. The molecule has 0 radical (unpaired) electrons. The highest BCUT2D eigenvalue weighted by Crippen LogP contribution is 2.53. The molecule has 4 rings (SSSR count). The Hall–Kier alpha value is -2.41. The van der Waals surface area contributed by atoms with Gasteiger partial charge in [0.2, 0.25) is 5.69 Å². The highest BCUT2D eigenvalue weighted by molar-refractivity contribution is 5.87. The van der Waals surface area contributed by atoms with E-state index in [9.17, 15) is 0 Å². The number of pyridine rings is 1. The van der Waals surface area contributed by atoms with Crippen molar-refractivity contribution in [3.05, 3.63) is 77.0 Å². The van der Waals surface area contributed by atoms with Gasteiger partial charge in [-0.15, -0.1) is 0 Å². The van der Waals surface area contributed by atoms with Gasteiger partial charge >= 0.3 is 0 Å². The SMILES string of the molecule is Cc1cc2c(c(C(C)C)c1-c1cccc[n+]1C)C(C)(C)c1ccccc1-2. The Balaban J connectivity index is 2.14. The van der Waals surface area contributed by atoms with Crippen LogP contribution in [-0.4, -0.2) is 0 Å². The average Bonchev–Trinajstić information content (AvgIpc) is 2.82. The van der Waals surface area contributed by atoms with Crippen molar-refractivity contribution in [1.82, 2.24) is 0 Å². The number of hydrogen-bond acceptors (Lipinski definition) is 0. The fourth-order valence-electron chi connectivity index (χ4n) is 4.83. The summed E-state index contributed by atoms with van der Waals surface area (Å²) < 4.78 is 2.25. The third-order valence-electron chi connectivity index (χ3n) is 5.97. The molecular formula is C25H28N+. The number of nitrogens with zero attached hydrogens (tertiary/aromatic N) is 1. The van der Waals surface area contributed by atoms with Gasteiger partial charge in [-0.25, -0.2) is 4.57 Å². The molecule has 3 aromatic rings. The fourth-order valence-corrected chi connectivity index (χ4v) is 4.83. The van der Waals surface area contributed by atoms with Gasteiger partial charge in [0.05, 0.1) is 5.56 Å². The lowest BCUT2D eigenvalue weighted by molar-refractivity contribution is -0.660. The smallest absolute Gasteiger partial charge is 0.201 e. The van der Waals surface area contributed by atoms with Crippen molar-refractivity contribution in [2.75, 3.05) is 0 Å². The van der Waals surface area contributed by atoms with E-state index < -0.39 is 0 Å². The van der Waals surface area contributed by atoms with Gasteiger partial charge in [0.1, 0.15) is 7.05 Å². The van der Waals surface area contributed by atoms with Crippen LogP contribution in [0.25, 0.3) is 22.4 Å². The second-order valence-corrected chi connectivity index (χ2v) is 8.43. The maximum absolute atomic E-state index is 2.41. The molecule has 1 nitrogen and oxygen atoms in total. The molecule has 0 amide bonds. The molecule has 0 atom stereocenters. The molecule has 1 heterocycles. The van der Waals surface area contributed by atoms with Crippen LogP contribution < -0.4 is 4.57 Å². The molecule has 0 spiro atoms. The third kappa shape index (κ3) is 2.26. The van der Waals surface area contributed by atoms with Crippen LogP contribution in [0.5, 0.6) is 0 Å². The van der Waals surface area contributed by atoms with Crippen molar-refractivity contribution in [3.63, 3.8) is 0 Å². The fraction of sp³-hybridized carbons (Fsp3) is 0.320. The van der Waals surface area contributed by atoms with Crippen LogP contribution >= 0.6 is 0 Å². The van der Waals surface area contributed by atoms with Crippen molar-refractivity contribution < 1.29 is 4.57 Å². The highest BCUT2D eigenvalue weighted by atomic mass is 14.9.